The number of allylic oxidation sites excluding steroid dienone is 5. The first-order valence-corrected chi connectivity index (χ1v) is 25.7. The molecule has 0 aromatic rings. The second-order valence-electron chi connectivity index (χ2n) is 17.6. The number of hydrogen-bond acceptors (Lipinski definition) is 3. The molecular formula is C53H101NO3. The van der Waals surface area contributed by atoms with Gasteiger partial charge in [0.1, 0.15) is 0 Å². The lowest BCUT2D eigenvalue weighted by Crippen LogP contribution is -2.45. The molecule has 0 rings (SSSR count). The van der Waals surface area contributed by atoms with Crippen molar-refractivity contribution in [3.8, 4) is 0 Å². The summed E-state index contributed by atoms with van der Waals surface area (Å²) < 4.78 is 0. The van der Waals surface area contributed by atoms with Crippen molar-refractivity contribution in [3.63, 3.8) is 0 Å². The number of carbonyl (C=O) groups is 1. The number of amides is 1. The Morgan fingerprint density at radius 2 is 0.684 bits per heavy atom. The SMILES string of the molecule is CCCCCC/C=C/CC/C=C/C(O)C(CO)NC(=O)CCCCCCCCCCCCCCCCCCCCCCCCC/C=C\CCCCCCCCCC. The van der Waals surface area contributed by atoms with E-state index in [1.54, 1.807) is 6.08 Å². The van der Waals surface area contributed by atoms with Crippen molar-refractivity contribution in [2.75, 3.05) is 6.61 Å². The first kappa shape index (κ1) is 55.6. The highest BCUT2D eigenvalue weighted by Crippen LogP contribution is 2.17. The summed E-state index contributed by atoms with van der Waals surface area (Å²) >= 11 is 0. The second kappa shape index (κ2) is 49.0. The van der Waals surface area contributed by atoms with Crippen molar-refractivity contribution in [1.82, 2.24) is 5.32 Å². The van der Waals surface area contributed by atoms with Crippen molar-refractivity contribution < 1.29 is 15.0 Å². The third-order valence-electron chi connectivity index (χ3n) is 11.8. The van der Waals surface area contributed by atoms with Crippen molar-refractivity contribution in [2.45, 2.75) is 289 Å². The molecule has 0 aliphatic rings. The summed E-state index contributed by atoms with van der Waals surface area (Å²) in [4.78, 5) is 12.4. The van der Waals surface area contributed by atoms with E-state index in [4.69, 9.17) is 0 Å². The third kappa shape index (κ3) is 45.5. The molecule has 4 heteroatoms. The van der Waals surface area contributed by atoms with Crippen LogP contribution in [0.25, 0.3) is 0 Å². The van der Waals surface area contributed by atoms with E-state index in [1.807, 2.05) is 6.08 Å². The molecule has 0 aromatic heterocycles. The van der Waals surface area contributed by atoms with Gasteiger partial charge in [0.2, 0.25) is 5.91 Å². The van der Waals surface area contributed by atoms with Crippen molar-refractivity contribution in [3.05, 3.63) is 36.5 Å². The molecule has 0 aromatic carbocycles. The second-order valence-corrected chi connectivity index (χ2v) is 17.6. The zero-order valence-corrected chi connectivity index (χ0v) is 38.6. The van der Waals surface area contributed by atoms with Gasteiger partial charge in [0.25, 0.3) is 0 Å². The smallest absolute Gasteiger partial charge is 0.220 e. The molecule has 0 spiro atoms. The molecule has 0 radical (unpaired) electrons. The number of aliphatic hydroxyl groups excluding tert-OH is 2. The maximum atomic E-state index is 12.4. The topological polar surface area (TPSA) is 69.6 Å². The predicted octanol–water partition coefficient (Wildman–Crippen LogP) is 16.5. The van der Waals surface area contributed by atoms with Crippen LogP contribution < -0.4 is 5.32 Å². The molecule has 0 aliphatic heterocycles. The fourth-order valence-electron chi connectivity index (χ4n) is 7.90. The fraction of sp³-hybridized carbons (Fsp3) is 0.868. The largest absolute Gasteiger partial charge is 0.394 e. The summed E-state index contributed by atoms with van der Waals surface area (Å²) in [6.07, 6.45) is 66.0. The molecule has 0 saturated carbocycles. The average molecular weight is 800 g/mol. The summed E-state index contributed by atoms with van der Waals surface area (Å²) in [6.45, 7) is 4.27. The number of hydrogen-bond donors (Lipinski definition) is 3. The zero-order chi connectivity index (χ0) is 41.4. The third-order valence-corrected chi connectivity index (χ3v) is 11.8. The molecule has 2 unspecified atom stereocenters. The lowest BCUT2D eigenvalue weighted by Gasteiger charge is -2.19. The van der Waals surface area contributed by atoms with Gasteiger partial charge in [-0.1, -0.05) is 249 Å². The van der Waals surface area contributed by atoms with Gasteiger partial charge in [0.05, 0.1) is 18.8 Å². The Labute approximate surface area is 357 Å². The number of nitrogens with one attached hydrogen (secondary N) is 1. The first-order chi connectivity index (χ1) is 28.2. The summed E-state index contributed by atoms with van der Waals surface area (Å²) in [5.74, 6) is -0.0721. The highest BCUT2D eigenvalue weighted by molar-refractivity contribution is 5.76. The van der Waals surface area contributed by atoms with Gasteiger partial charge in [-0.3, -0.25) is 4.79 Å². The molecule has 0 fully saturated rings. The lowest BCUT2D eigenvalue weighted by atomic mass is 10.0. The van der Waals surface area contributed by atoms with Crippen LogP contribution in [0.2, 0.25) is 0 Å². The van der Waals surface area contributed by atoms with Crippen LogP contribution in [-0.2, 0) is 4.79 Å². The van der Waals surface area contributed by atoms with Crippen LogP contribution in [-0.4, -0.2) is 34.9 Å². The molecule has 3 N–H and O–H groups in total. The van der Waals surface area contributed by atoms with E-state index in [0.29, 0.717) is 6.42 Å². The minimum absolute atomic E-state index is 0.0721. The summed E-state index contributed by atoms with van der Waals surface area (Å²) in [7, 11) is 0. The van der Waals surface area contributed by atoms with Gasteiger partial charge in [0.15, 0.2) is 0 Å². The lowest BCUT2D eigenvalue weighted by molar-refractivity contribution is -0.123. The van der Waals surface area contributed by atoms with Gasteiger partial charge < -0.3 is 15.5 Å². The van der Waals surface area contributed by atoms with Crippen LogP contribution in [0.5, 0.6) is 0 Å². The Kier molecular flexibility index (Phi) is 47.8. The van der Waals surface area contributed by atoms with Crippen molar-refractivity contribution >= 4 is 5.91 Å². The van der Waals surface area contributed by atoms with Crippen LogP contribution in [0.1, 0.15) is 277 Å². The molecule has 1 amide bonds. The maximum absolute atomic E-state index is 12.4. The number of unbranched alkanes of at least 4 members (excludes halogenated alkanes) is 36. The van der Waals surface area contributed by atoms with E-state index >= 15 is 0 Å². The summed E-state index contributed by atoms with van der Waals surface area (Å²) in [5, 5.41) is 22.9. The molecular weight excluding hydrogens is 699 g/mol. The van der Waals surface area contributed by atoms with E-state index < -0.39 is 12.1 Å². The van der Waals surface area contributed by atoms with E-state index in [0.717, 1.165) is 32.1 Å². The van der Waals surface area contributed by atoms with Gasteiger partial charge in [-0.15, -0.1) is 0 Å². The van der Waals surface area contributed by atoms with E-state index in [-0.39, 0.29) is 12.5 Å². The highest BCUT2D eigenvalue weighted by Gasteiger charge is 2.17. The number of aliphatic hydroxyl groups is 2. The van der Waals surface area contributed by atoms with Crippen LogP contribution in [0.4, 0.5) is 0 Å². The zero-order valence-electron chi connectivity index (χ0n) is 38.6. The Morgan fingerprint density at radius 1 is 0.404 bits per heavy atom. The van der Waals surface area contributed by atoms with Gasteiger partial charge in [-0.2, -0.15) is 0 Å². The van der Waals surface area contributed by atoms with Crippen molar-refractivity contribution in [2.24, 2.45) is 0 Å². The maximum Gasteiger partial charge on any atom is 0.220 e. The Hall–Kier alpha value is -1.39. The normalized spacial score (nSPS) is 13.1. The number of carbonyl (C=O) groups excluding carboxylic acids is 1. The van der Waals surface area contributed by atoms with Gasteiger partial charge in [-0.25, -0.2) is 0 Å². The first-order valence-electron chi connectivity index (χ1n) is 25.7. The monoisotopic (exact) mass is 800 g/mol. The minimum atomic E-state index is -0.858. The molecule has 57 heavy (non-hydrogen) atoms. The molecule has 0 aliphatic carbocycles. The van der Waals surface area contributed by atoms with Gasteiger partial charge in [-0.05, 0) is 57.8 Å². The van der Waals surface area contributed by atoms with Crippen LogP contribution in [0, 0.1) is 0 Å². The Bertz CT molecular complexity index is 866. The van der Waals surface area contributed by atoms with Crippen molar-refractivity contribution in [1.29, 1.82) is 0 Å². The van der Waals surface area contributed by atoms with Crippen LogP contribution in [0.3, 0.4) is 0 Å². The average Bonchev–Trinajstić information content (AvgIpc) is 3.22. The summed E-state index contributed by atoms with van der Waals surface area (Å²) in [6, 6.07) is -0.635. The fourth-order valence-corrected chi connectivity index (χ4v) is 7.90. The number of rotatable bonds is 47. The van der Waals surface area contributed by atoms with Gasteiger partial charge in [0, 0.05) is 6.42 Å². The van der Waals surface area contributed by atoms with E-state index in [1.165, 1.54) is 225 Å². The standard InChI is InChI=1S/C53H101NO3/c1-3-5-7-9-11-13-15-16-17-18-19-20-21-22-23-24-25-26-27-28-29-30-31-32-33-34-35-36-37-38-39-41-43-45-47-49-53(57)54-51(50-55)52(56)48-46-44-42-40-14-12-10-8-6-4-2/h14,18-19,40,46,48,51-52,55-56H,3-13,15-17,20-39,41-45,47,49-50H2,1-2H3,(H,54,57)/b19-18-,40-14+,48-46+. The molecule has 0 saturated heterocycles. The molecule has 4 nitrogen and oxygen atoms in total. The summed E-state index contributed by atoms with van der Waals surface area (Å²) in [5.41, 5.74) is 0. The molecule has 0 heterocycles. The minimum Gasteiger partial charge on any atom is -0.394 e. The van der Waals surface area contributed by atoms with Gasteiger partial charge >= 0.3 is 0 Å². The Morgan fingerprint density at radius 3 is 1.04 bits per heavy atom. The molecule has 336 valence electrons. The van der Waals surface area contributed by atoms with E-state index in [2.05, 4.69) is 43.5 Å². The molecule has 0 bridgehead atoms. The van der Waals surface area contributed by atoms with E-state index in [9.17, 15) is 15.0 Å². The van der Waals surface area contributed by atoms with Crippen LogP contribution >= 0.6 is 0 Å². The van der Waals surface area contributed by atoms with Crippen LogP contribution in [0.15, 0.2) is 36.5 Å². The predicted molar refractivity (Wildman–Crippen MR) is 253 cm³/mol. The molecule has 2 atom stereocenters. The highest BCUT2D eigenvalue weighted by atomic mass is 16.3. The quantitative estimate of drug-likeness (QED) is 0.0424. The Balaban J connectivity index is 3.38.